The topological polar surface area (TPSA) is 49.3 Å². The number of hydrogen-bond acceptors (Lipinski definition) is 2. The van der Waals surface area contributed by atoms with Gasteiger partial charge in [0.2, 0.25) is 0 Å². The predicted octanol–water partition coefficient (Wildman–Crippen LogP) is 3.77. The summed E-state index contributed by atoms with van der Waals surface area (Å²) in [5.74, 6) is -4.20. The highest BCUT2D eigenvalue weighted by atomic mass is 19.3. The Morgan fingerprint density at radius 1 is 1.29 bits per heavy atom. The van der Waals surface area contributed by atoms with Gasteiger partial charge in [-0.05, 0) is 30.8 Å². The van der Waals surface area contributed by atoms with Crippen LogP contribution < -0.4 is 5.32 Å². The first kappa shape index (κ1) is 17.8. The smallest absolute Gasteiger partial charge is 0.320 e. The van der Waals surface area contributed by atoms with Crippen LogP contribution in [0.15, 0.2) is 24.3 Å². The third-order valence-electron chi connectivity index (χ3n) is 3.86. The third-order valence-corrected chi connectivity index (χ3v) is 3.86. The van der Waals surface area contributed by atoms with Crippen molar-refractivity contribution in [2.24, 2.45) is 5.41 Å². The largest absolute Gasteiger partial charge is 0.480 e. The maximum Gasteiger partial charge on any atom is 0.320 e. The van der Waals surface area contributed by atoms with Gasteiger partial charge in [0, 0.05) is 0 Å². The maximum absolute atomic E-state index is 14.2. The molecule has 2 N–H and O–H groups in total. The van der Waals surface area contributed by atoms with E-state index >= 15 is 0 Å². The molecule has 0 spiro atoms. The number of hydrogen-bond donors (Lipinski definition) is 2. The van der Waals surface area contributed by atoms with E-state index in [-0.39, 0.29) is 11.8 Å². The predicted molar refractivity (Wildman–Crippen MR) is 79.5 cm³/mol. The van der Waals surface area contributed by atoms with Crippen LogP contribution in [0.3, 0.4) is 0 Å². The van der Waals surface area contributed by atoms with Gasteiger partial charge < -0.3 is 5.11 Å². The van der Waals surface area contributed by atoms with Crippen molar-refractivity contribution in [3.8, 4) is 0 Å². The minimum Gasteiger partial charge on any atom is -0.480 e. The zero-order valence-electron chi connectivity index (χ0n) is 13.1. The zero-order chi connectivity index (χ0) is 16.3. The molecule has 1 aliphatic rings. The molecule has 0 amide bonds. The molecule has 2 atom stereocenters. The lowest BCUT2D eigenvalue weighted by Crippen LogP contribution is -2.61. The quantitative estimate of drug-likeness (QED) is 0.785. The van der Waals surface area contributed by atoms with Crippen molar-refractivity contribution < 1.29 is 18.7 Å². The third kappa shape index (κ3) is 4.37. The number of carboxylic acid groups (broad SMARTS) is 1. The van der Waals surface area contributed by atoms with Crippen LogP contribution in [0.5, 0.6) is 0 Å². The number of allylic oxidation sites excluding steroid dienone is 2. The number of rotatable bonds is 6. The average molecular weight is 301 g/mol. The highest BCUT2D eigenvalue weighted by molar-refractivity contribution is 5.73. The molecule has 0 aliphatic heterocycles. The summed E-state index contributed by atoms with van der Waals surface area (Å²) in [7, 11) is 0. The Kier molecular flexibility index (Phi) is 5.31. The molecule has 0 aromatic heterocycles. The van der Waals surface area contributed by atoms with Crippen LogP contribution in [0.4, 0.5) is 8.78 Å². The van der Waals surface area contributed by atoms with E-state index in [4.69, 9.17) is 0 Å². The molecule has 5 heteroatoms. The van der Waals surface area contributed by atoms with Crippen LogP contribution in [0.25, 0.3) is 0 Å². The molecule has 0 saturated carbocycles. The second kappa shape index (κ2) is 6.26. The maximum atomic E-state index is 14.2. The van der Waals surface area contributed by atoms with Gasteiger partial charge in [-0.3, -0.25) is 10.1 Å². The van der Waals surface area contributed by atoms with Crippen molar-refractivity contribution in [1.82, 2.24) is 5.32 Å². The standard InChI is InChI=1S/C16H25F2NO2/c1-5-15(9-6-7-10-16(15,17)18)19-12(13(20)21)8-11-14(2,3)4/h6-7,9-10,12,19H,5,8,11H2,1-4H3,(H,20,21)/t12?,15-/m1/s1. The fourth-order valence-corrected chi connectivity index (χ4v) is 2.40. The molecule has 1 unspecified atom stereocenters. The molecule has 120 valence electrons. The number of carbonyl (C=O) groups is 1. The monoisotopic (exact) mass is 301 g/mol. The second-order valence-electron chi connectivity index (χ2n) is 6.80. The molecule has 0 bridgehead atoms. The fraction of sp³-hybridized carbons (Fsp3) is 0.688. The van der Waals surface area contributed by atoms with E-state index in [1.54, 1.807) is 6.92 Å². The minimum atomic E-state index is -3.11. The summed E-state index contributed by atoms with van der Waals surface area (Å²) in [6.45, 7) is 7.63. The van der Waals surface area contributed by atoms with E-state index in [1.807, 2.05) is 20.8 Å². The van der Waals surface area contributed by atoms with E-state index < -0.39 is 23.5 Å². The first-order valence-electron chi connectivity index (χ1n) is 7.28. The summed E-state index contributed by atoms with van der Waals surface area (Å²) in [5.41, 5.74) is -1.68. The minimum absolute atomic E-state index is 0.0421. The number of nitrogens with one attached hydrogen (secondary N) is 1. The van der Waals surface area contributed by atoms with Crippen molar-refractivity contribution in [2.45, 2.75) is 64.5 Å². The molecule has 1 aliphatic carbocycles. The fourth-order valence-electron chi connectivity index (χ4n) is 2.40. The van der Waals surface area contributed by atoms with Crippen LogP contribution in [0.2, 0.25) is 0 Å². The van der Waals surface area contributed by atoms with Crippen molar-refractivity contribution in [3.63, 3.8) is 0 Å². The van der Waals surface area contributed by atoms with Crippen LogP contribution in [0.1, 0.15) is 47.0 Å². The van der Waals surface area contributed by atoms with Crippen molar-refractivity contribution >= 4 is 5.97 Å². The van der Waals surface area contributed by atoms with Crippen molar-refractivity contribution in [1.29, 1.82) is 0 Å². The van der Waals surface area contributed by atoms with Gasteiger partial charge in [-0.2, -0.15) is 8.78 Å². The van der Waals surface area contributed by atoms with Gasteiger partial charge in [0.25, 0.3) is 5.92 Å². The molecule has 21 heavy (non-hydrogen) atoms. The van der Waals surface area contributed by atoms with E-state index in [2.05, 4.69) is 5.32 Å². The number of halogens is 2. The SMILES string of the molecule is CC[C@@]1(NC(CCC(C)(C)C)C(=O)O)C=CC=CC1(F)F. The molecule has 0 saturated heterocycles. The molecule has 3 nitrogen and oxygen atoms in total. The van der Waals surface area contributed by atoms with E-state index in [0.717, 1.165) is 6.08 Å². The van der Waals surface area contributed by atoms with Gasteiger partial charge in [0.15, 0.2) is 0 Å². The molecular weight excluding hydrogens is 276 g/mol. The first-order chi connectivity index (χ1) is 9.53. The summed E-state index contributed by atoms with van der Waals surface area (Å²) in [4.78, 5) is 11.4. The van der Waals surface area contributed by atoms with Crippen LogP contribution >= 0.6 is 0 Å². The Labute approximate surface area is 125 Å². The molecule has 0 aromatic rings. The van der Waals surface area contributed by atoms with Gasteiger partial charge in [-0.1, -0.05) is 45.9 Å². The summed E-state index contributed by atoms with van der Waals surface area (Å²) in [5, 5.41) is 12.0. The van der Waals surface area contributed by atoms with Crippen LogP contribution in [0, 0.1) is 5.41 Å². The average Bonchev–Trinajstić information content (AvgIpc) is 2.34. The highest BCUT2D eigenvalue weighted by Gasteiger charge is 2.51. The van der Waals surface area contributed by atoms with Crippen molar-refractivity contribution in [2.75, 3.05) is 0 Å². The molecular formula is C16H25F2NO2. The Morgan fingerprint density at radius 3 is 2.29 bits per heavy atom. The van der Waals surface area contributed by atoms with Gasteiger partial charge in [-0.25, -0.2) is 0 Å². The van der Waals surface area contributed by atoms with Gasteiger partial charge in [0.05, 0.1) is 0 Å². The van der Waals surface area contributed by atoms with E-state index in [0.29, 0.717) is 12.8 Å². The molecule has 0 aromatic carbocycles. The lowest BCUT2D eigenvalue weighted by Gasteiger charge is -2.40. The Hall–Kier alpha value is -1.23. The van der Waals surface area contributed by atoms with Crippen LogP contribution in [-0.4, -0.2) is 28.6 Å². The van der Waals surface area contributed by atoms with Gasteiger partial charge in [-0.15, -0.1) is 0 Å². The Balaban J connectivity index is 2.93. The van der Waals surface area contributed by atoms with Gasteiger partial charge >= 0.3 is 5.97 Å². The highest BCUT2D eigenvalue weighted by Crippen LogP contribution is 2.37. The Morgan fingerprint density at radius 2 is 1.86 bits per heavy atom. The summed E-state index contributed by atoms with van der Waals surface area (Å²) in [6, 6.07) is -0.994. The summed E-state index contributed by atoms with van der Waals surface area (Å²) >= 11 is 0. The number of aliphatic carboxylic acids is 1. The second-order valence-corrected chi connectivity index (χ2v) is 6.80. The van der Waals surface area contributed by atoms with Gasteiger partial charge in [0.1, 0.15) is 11.6 Å². The summed E-state index contributed by atoms with van der Waals surface area (Å²) in [6.07, 6.45) is 6.10. The molecule has 0 radical (unpaired) electrons. The lowest BCUT2D eigenvalue weighted by molar-refractivity contribution is -0.141. The zero-order valence-corrected chi connectivity index (χ0v) is 13.1. The molecule has 0 fully saturated rings. The number of alkyl halides is 2. The van der Waals surface area contributed by atoms with E-state index in [1.165, 1.54) is 18.2 Å². The Bertz CT molecular complexity index is 438. The number of carboxylic acids is 1. The molecule has 1 rings (SSSR count). The molecule has 0 heterocycles. The van der Waals surface area contributed by atoms with E-state index in [9.17, 15) is 18.7 Å². The normalized spacial score (nSPS) is 25.8. The summed E-state index contributed by atoms with van der Waals surface area (Å²) < 4.78 is 28.5. The van der Waals surface area contributed by atoms with Crippen LogP contribution in [-0.2, 0) is 4.79 Å². The van der Waals surface area contributed by atoms with Crippen molar-refractivity contribution in [3.05, 3.63) is 24.3 Å². The first-order valence-corrected chi connectivity index (χ1v) is 7.28. The lowest BCUT2D eigenvalue weighted by atomic mass is 9.82.